The first kappa shape index (κ1) is 47.9. The van der Waals surface area contributed by atoms with Gasteiger partial charge in [-0.3, -0.25) is 0 Å². The third kappa shape index (κ3) is 9.28. The maximum Gasteiger partial charge on any atom is -1.00 e. The molecule has 2 aliphatic carbocycles. The zero-order chi connectivity index (χ0) is 41.3. The van der Waals surface area contributed by atoms with Crippen LogP contribution in [0.25, 0.3) is 11.1 Å². The molecule has 0 nitrogen and oxygen atoms in total. The van der Waals surface area contributed by atoms with Gasteiger partial charge in [0.2, 0.25) is 0 Å². The van der Waals surface area contributed by atoms with E-state index < -0.39 is 44.7 Å². The van der Waals surface area contributed by atoms with Crippen molar-refractivity contribution in [2.75, 3.05) is 0 Å². The number of benzene rings is 4. The molecule has 6 rings (SSSR count). The Kier molecular flexibility index (Phi) is 14.0. The zero-order valence-electron chi connectivity index (χ0n) is 35.3. The van der Waals surface area contributed by atoms with Crippen molar-refractivity contribution in [1.29, 1.82) is 0 Å². The van der Waals surface area contributed by atoms with Crippen molar-refractivity contribution in [3.63, 3.8) is 0 Å². The van der Waals surface area contributed by atoms with Crippen molar-refractivity contribution in [2.45, 2.75) is 116 Å². The van der Waals surface area contributed by atoms with E-state index >= 15 is 0 Å². The molecule has 0 saturated carbocycles. The zero-order valence-corrected chi connectivity index (χ0v) is 39.2. The maximum absolute atomic E-state index is 14.6. The van der Waals surface area contributed by atoms with Gasteiger partial charge in [0.15, 0.2) is 0 Å². The third-order valence-electron chi connectivity index (χ3n) is 11.5. The quantitative estimate of drug-likeness (QED) is 0.170. The molecule has 0 aliphatic heterocycles. The molecule has 0 radical (unpaired) electrons. The Morgan fingerprint density at radius 2 is 0.983 bits per heavy atom. The summed E-state index contributed by atoms with van der Waals surface area (Å²) < 4.78 is 89.4. The van der Waals surface area contributed by atoms with Gasteiger partial charge in [-0.1, -0.05) is 0 Å². The summed E-state index contributed by atoms with van der Waals surface area (Å²) in [6.07, 6.45) is -5.41. The molecule has 0 saturated heterocycles. The van der Waals surface area contributed by atoms with E-state index in [0.29, 0.717) is 20.8 Å². The first-order valence-corrected chi connectivity index (χ1v) is 23.6. The van der Waals surface area contributed by atoms with Gasteiger partial charge in [0.25, 0.3) is 0 Å². The fourth-order valence-corrected chi connectivity index (χ4v) is 19.0. The van der Waals surface area contributed by atoms with Crippen LogP contribution in [0, 0.1) is 11.3 Å². The van der Waals surface area contributed by atoms with E-state index in [2.05, 4.69) is 119 Å². The van der Waals surface area contributed by atoms with Crippen LogP contribution in [0.5, 0.6) is 0 Å². The van der Waals surface area contributed by atoms with E-state index in [0.717, 1.165) is 51.9 Å². The first-order valence-electron chi connectivity index (χ1n) is 19.7. The van der Waals surface area contributed by atoms with Gasteiger partial charge < -0.3 is 24.8 Å². The number of hydrogen-bond donors (Lipinski definition) is 0. The number of halogens is 8. The Hall–Kier alpha value is -2.73. The molecule has 0 spiro atoms. The smallest absolute Gasteiger partial charge is 1.00 e. The van der Waals surface area contributed by atoms with Crippen LogP contribution in [0.15, 0.2) is 105 Å². The van der Waals surface area contributed by atoms with Crippen molar-refractivity contribution in [3.05, 3.63) is 150 Å². The summed E-state index contributed by atoms with van der Waals surface area (Å²) in [5, 5.41) is 0. The molecular formula is C49H54Cl2F6Zr. The standard InChI is InChI=1S/C21H25.C15H8F6.C13H21.2ClH.Zr/c1-20(2,3)16-7-9-18-14(12-16)11-15-13-17(21(4,5)6)8-10-19(15)18;16-14(17,18)12-5-1-3-10(8-12)7-11-4-2-6-13(9-11)15(19,20)21;1-6-10-8-11(7-2)12(9-10)13(3,4)5;;;/h7-13H,1-6H3;1-6,8-9H;9-10H,6-7H2,1-5H3;2*1H;/q;;;;;+2/p-2. The second kappa shape index (κ2) is 17.0. The van der Waals surface area contributed by atoms with Gasteiger partial charge in [-0.05, 0) is 0 Å². The van der Waals surface area contributed by atoms with Gasteiger partial charge in [-0.25, -0.2) is 0 Å². The van der Waals surface area contributed by atoms with Crippen molar-refractivity contribution in [3.8, 4) is 11.1 Å². The van der Waals surface area contributed by atoms with Crippen molar-refractivity contribution >= 4 is 3.21 Å². The van der Waals surface area contributed by atoms with Gasteiger partial charge in [0.1, 0.15) is 0 Å². The molecule has 0 amide bonds. The Balaban J connectivity index is 0.00000372. The molecule has 310 valence electrons. The van der Waals surface area contributed by atoms with Gasteiger partial charge in [-0.15, -0.1) is 0 Å². The van der Waals surface area contributed by atoms with E-state index in [-0.39, 0.29) is 50.6 Å². The Labute approximate surface area is 361 Å². The van der Waals surface area contributed by atoms with Crippen LogP contribution in [0.3, 0.4) is 0 Å². The Bertz CT molecular complexity index is 2150. The number of alkyl halides is 6. The number of hydrogen-bond acceptors (Lipinski definition) is 0. The van der Waals surface area contributed by atoms with Crippen molar-refractivity contribution in [2.24, 2.45) is 11.3 Å². The molecule has 4 aromatic rings. The van der Waals surface area contributed by atoms with Crippen LogP contribution in [0.4, 0.5) is 26.3 Å². The molecule has 58 heavy (non-hydrogen) atoms. The van der Waals surface area contributed by atoms with Gasteiger partial charge in [0, 0.05) is 0 Å². The Morgan fingerprint density at radius 3 is 1.33 bits per heavy atom. The van der Waals surface area contributed by atoms with Crippen LogP contribution >= 0.6 is 0 Å². The number of rotatable bonds is 6. The summed E-state index contributed by atoms with van der Waals surface area (Å²) in [5.74, 6) is 0.00395. The summed E-state index contributed by atoms with van der Waals surface area (Å²) in [6.45, 7) is 23.9. The second-order valence-corrected chi connectivity index (χ2v) is 24.6. The van der Waals surface area contributed by atoms with Gasteiger partial charge in [-0.2, -0.15) is 0 Å². The second-order valence-electron chi connectivity index (χ2n) is 18.6. The molecule has 1 unspecified atom stereocenters. The maximum atomic E-state index is 14.6. The van der Waals surface area contributed by atoms with Gasteiger partial charge >= 0.3 is 339 Å². The minimum Gasteiger partial charge on any atom is -1.00 e. The van der Waals surface area contributed by atoms with E-state index in [9.17, 15) is 26.3 Å². The minimum absolute atomic E-state index is 0. The van der Waals surface area contributed by atoms with E-state index in [1.165, 1.54) is 38.7 Å². The van der Waals surface area contributed by atoms with E-state index in [1.807, 2.05) is 0 Å². The molecule has 2 aliphatic rings. The number of allylic oxidation sites excluding steroid dienone is 4. The molecule has 0 heterocycles. The SMILES string of the molecule is CCC1=[C]([Zr+2](=[C](c2cccc(C(F)(F)F)c2)c2cccc(C(F)(F)F)c2)[CH]2c3cc(C(C)(C)C)ccc3-c3ccc(C(C)(C)C)cc32)C(CC)C=C1C(C)(C)C.[Cl-].[Cl-]. The van der Waals surface area contributed by atoms with E-state index in [4.69, 9.17) is 0 Å². The third-order valence-corrected chi connectivity index (χ3v) is 20.3. The van der Waals surface area contributed by atoms with Crippen LogP contribution in [-0.2, 0) is 44.4 Å². The summed E-state index contributed by atoms with van der Waals surface area (Å²) in [7, 11) is 0. The molecule has 9 heteroatoms. The summed E-state index contributed by atoms with van der Waals surface area (Å²) in [6, 6.07) is 24.0. The first-order chi connectivity index (χ1) is 25.9. The predicted molar refractivity (Wildman–Crippen MR) is 216 cm³/mol. The molecular weight excluding hydrogens is 865 g/mol. The average molecular weight is 919 g/mol. The molecule has 1 atom stereocenters. The topological polar surface area (TPSA) is 0 Å². The van der Waals surface area contributed by atoms with Crippen LogP contribution in [0.2, 0.25) is 0 Å². The summed E-state index contributed by atoms with van der Waals surface area (Å²) in [5.41, 5.74) is 7.67. The summed E-state index contributed by atoms with van der Waals surface area (Å²) in [4.78, 5) is 0. The number of fused-ring (bicyclic) bond motifs is 3. The predicted octanol–water partition coefficient (Wildman–Crippen LogP) is 8.96. The normalized spacial score (nSPS) is 15.9. The minimum atomic E-state index is -4.64. The molecule has 4 aromatic carbocycles. The monoisotopic (exact) mass is 916 g/mol. The fraction of sp³-hybridized carbons (Fsp3) is 0.408. The molecule has 0 bridgehead atoms. The Morgan fingerprint density at radius 1 is 0.552 bits per heavy atom. The van der Waals surface area contributed by atoms with E-state index in [1.54, 1.807) is 12.1 Å². The fourth-order valence-electron chi connectivity index (χ4n) is 8.64. The van der Waals surface area contributed by atoms with Crippen molar-refractivity contribution < 1.29 is 72.4 Å². The van der Waals surface area contributed by atoms with Crippen LogP contribution < -0.4 is 24.8 Å². The molecule has 0 N–H and O–H groups in total. The van der Waals surface area contributed by atoms with Gasteiger partial charge in [0.05, 0.1) is 0 Å². The summed E-state index contributed by atoms with van der Waals surface area (Å²) >= 11 is -3.89. The van der Waals surface area contributed by atoms with Crippen LogP contribution in [0.1, 0.15) is 137 Å². The largest absolute Gasteiger partial charge is 1.00 e. The van der Waals surface area contributed by atoms with Crippen molar-refractivity contribution in [1.82, 2.24) is 0 Å². The molecule has 0 aromatic heterocycles. The van der Waals surface area contributed by atoms with Crippen LogP contribution in [-0.4, -0.2) is 3.21 Å². The molecule has 0 fully saturated rings. The average Bonchev–Trinajstić information content (AvgIpc) is 3.64.